The van der Waals surface area contributed by atoms with Gasteiger partial charge in [-0.15, -0.1) is 0 Å². The highest BCUT2D eigenvalue weighted by Crippen LogP contribution is 2.29. The topological polar surface area (TPSA) is 41.9 Å². The van der Waals surface area contributed by atoms with Gasteiger partial charge < -0.3 is 9.64 Å². The zero-order chi connectivity index (χ0) is 21.5. The van der Waals surface area contributed by atoms with Crippen LogP contribution in [-0.4, -0.2) is 17.0 Å². The number of hydrogen-bond acceptors (Lipinski definition) is 3. The highest BCUT2D eigenvalue weighted by atomic mass is 16.5. The van der Waals surface area contributed by atoms with Crippen LogP contribution in [0.25, 0.3) is 5.70 Å². The van der Waals surface area contributed by atoms with Gasteiger partial charge in [0, 0.05) is 38.2 Å². The molecule has 0 saturated heterocycles. The van der Waals surface area contributed by atoms with Crippen molar-refractivity contribution in [2.75, 3.05) is 0 Å². The first-order valence-electron chi connectivity index (χ1n) is 10.5. The molecule has 4 heteroatoms. The largest absolute Gasteiger partial charge is 0.488 e. The Morgan fingerprint density at radius 2 is 1.61 bits per heavy atom. The first kappa shape index (κ1) is 20.6. The molecule has 0 aliphatic carbocycles. The van der Waals surface area contributed by atoms with Gasteiger partial charge >= 0.3 is 0 Å². The van der Waals surface area contributed by atoms with Gasteiger partial charge in [0.05, 0.1) is 5.70 Å². The van der Waals surface area contributed by atoms with E-state index in [1.807, 2.05) is 71.8 Å². The first-order chi connectivity index (χ1) is 15.2. The van der Waals surface area contributed by atoms with E-state index in [1.165, 1.54) is 0 Å². The number of allylic oxidation sites excluding steroid dienone is 1. The van der Waals surface area contributed by atoms with E-state index < -0.39 is 0 Å². The fraction of sp³-hybridized carbons (Fsp3) is 0.185. The van der Waals surface area contributed by atoms with Crippen molar-refractivity contribution in [1.29, 1.82) is 0 Å². The van der Waals surface area contributed by atoms with Gasteiger partial charge in [-0.05, 0) is 28.8 Å². The summed E-state index contributed by atoms with van der Waals surface area (Å²) in [5.74, 6) is 0.887. The molecular formula is C27H26N2O2. The average Bonchev–Trinajstić information content (AvgIpc) is 3.33. The normalized spacial score (nSPS) is 12.5. The lowest BCUT2D eigenvalue weighted by molar-refractivity contribution is -0.130. The monoisotopic (exact) mass is 410 g/mol. The van der Waals surface area contributed by atoms with E-state index in [-0.39, 0.29) is 5.91 Å². The number of benzene rings is 3. The fourth-order valence-electron chi connectivity index (χ4n) is 3.63. The molecule has 31 heavy (non-hydrogen) atoms. The molecule has 0 spiro atoms. The Bertz CT molecular complexity index is 1100. The van der Waals surface area contributed by atoms with Crippen molar-refractivity contribution >= 4 is 17.8 Å². The summed E-state index contributed by atoms with van der Waals surface area (Å²) >= 11 is 0. The van der Waals surface area contributed by atoms with Crippen LogP contribution in [0.5, 0.6) is 5.75 Å². The van der Waals surface area contributed by atoms with Crippen molar-refractivity contribution < 1.29 is 9.53 Å². The third-order valence-corrected chi connectivity index (χ3v) is 5.23. The van der Waals surface area contributed by atoms with Gasteiger partial charge in [0.25, 0.3) is 0 Å². The molecule has 0 aromatic heterocycles. The molecule has 1 aliphatic rings. The van der Waals surface area contributed by atoms with Crippen molar-refractivity contribution in [3.8, 4) is 5.75 Å². The highest BCUT2D eigenvalue weighted by Gasteiger charge is 2.12. The van der Waals surface area contributed by atoms with E-state index in [0.29, 0.717) is 19.7 Å². The molecular weight excluding hydrogens is 384 g/mol. The Labute approximate surface area is 183 Å². The Morgan fingerprint density at radius 3 is 2.39 bits per heavy atom. The second kappa shape index (κ2) is 9.90. The Morgan fingerprint density at radius 1 is 0.903 bits per heavy atom. The first-order valence-corrected chi connectivity index (χ1v) is 10.5. The van der Waals surface area contributed by atoms with Crippen LogP contribution in [0.15, 0.2) is 89.9 Å². The molecule has 4 rings (SSSR count). The van der Waals surface area contributed by atoms with Crippen LogP contribution < -0.4 is 4.74 Å². The maximum atomic E-state index is 12.2. The summed E-state index contributed by atoms with van der Waals surface area (Å²) in [6.45, 7) is 3.24. The van der Waals surface area contributed by atoms with Crippen molar-refractivity contribution in [2.45, 2.75) is 33.0 Å². The lowest BCUT2D eigenvalue weighted by Crippen LogP contribution is -2.27. The van der Waals surface area contributed by atoms with E-state index in [4.69, 9.17) is 4.74 Å². The number of carbonyl (C=O) groups is 1. The number of ether oxygens (including phenoxy) is 1. The number of amides is 1. The minimum absolute atomic E-state index is 0.0600. The van der Waals surface area contributed by atoms with Gasteiger partial charge in [-0.2, -0.15) is 0 Å². The molecule has 156 valence electrons. The van der Waals surface area contributed by atoms with Crippen LogP contribution >= 0.6 is 0 Å². The van der Waals surface area contributed by atoms with Crippen molar-refractivity contribution in [3.05, 3.63) is 107 Å². The number of para-hydroxylation sites is 1. The summed E-state index contributed by atoms with van der Waals surface area (Å²) < 4.78 is 6.14. The predicted molar refractivity (Wildman–Crippen MR) is 125 cm³/mol. The summed E-state index contributed by atoms with van der Waals surface area (Å²) in [6, 6.07) is 26.3. The average molecular weight is 411 g/mol. The van der Waals surface area contributed by atoms with Crippen molar-refractivity contribution in [2.24, 2.45) is 4.99 Å². The Kier molecular flexibility index (Phi) is 6.58. The van der Waals surface area contributed by atoms with E-state index in [1.54, 1.807) is 6.92 Å². The van der Waals surface area contributed by atoms with E-state index in [2.05, 4.69) is 29.3 Å². The second-order valence-corrected chi connectivity index (χ2v) is 7.60. The number of nitrogens with zero attached hydrogens (tertiary/aromatic N) is 2. The summed E-state index contributed by atoms with van der Waals surface area (Å²) in [7, 11) is 0. The standard InChI is InChI=1S/C27H26N2O2/c1-21(30)29(18-22-9-3-2-4-10-22)19-23-11-7-12-24(17-23)20-31-27-15-6-5-13-25(27)26-14-8-16-28-26/h2-7,9-17H,8,18-20H2,1H3. The Balaban J connectivity index is 1.44. The third kappa shape index (κ3) is 5.48. The van der Waals surface area contributed by atoms with Gasteiger partial charge in [0.2, 0.25) is 5.91 Å². The predicted octanol–water partition coefficient (Wildman–Crippen LogP) is 5.63. The molecule has 0 bridgehead atoms. The zero-order valence-electron chi connectivity index (χ0n) is 17.7. The van der Waals surface area contributed by atoms with Crippen LogP contribution in [0.2, 0.25) is 0 Å². The van der Waals surface area contributed by atoms with Crippen LogP contribution in [0.4, 0.5) is 0 Å². The maximum Gasteiger partial charge on any atom is 0.220 e. The number of aliphatic imine (C=N–C) groups is 1. The molecule has 3 aromatic carbocycles. The number of hydrogen-bond donors (Lipinski definition) is 0. The third-order valence-electron chi connectivity index (χ3n) is 5.23. The minimum atomic E-state index is 0.0600. The van der Waals surface area contributed by atoms with Gasteiger partial charge in [-0.3, -0.25) is 9.79 Å². The summed E-state index contributed by atoms with van der Waals surface area (Å²) in [6.07, 6.45) is 4.87. The summed E-state index contributed by atoms with van der Waals surface area (Å²) in [4.78, 5) is 18.5. The van der Waals surface area contributed by atoms with Gasteiger partial charge in [0.15, 0.2) is 0 Å². The molecule has 0 atom stereocenters. The zero-order valence-corrected chi connectivity index (χ0v) is 17.7. The lowest BCUT2D eigenvalue weighted by Gasteiger charge is -2.22. The van der Waals surface area contributed by atoms with Gasteiger partial charge in [-0.1, -0.05) is 72.8 Å². The van der Waals surface area contributed by atoms with Crippen molar-refractivity contribution in [1.82, 2.24) is 4.90 Å². The lowest BCUT2D eigenvalue weighted by atomic mass is 10.1. The second-order valence-electron chi connectivity index (χ2n) is 7.60. The molecule has 0 radical (unpaired) electrons. The fourth-order valence-corrected chi connectivity index (χ4v) is 3.63. The molecule has 0 saturated carbocycles. The molecule has 1 heterocycles. The molecule has 3 aromatic rings. The molecule has 4 nitrogen and oxygen atoms in total. The minimum Gasteiger partial charge on any atom is -0.488 e. The molecule has 0 fully saturated rings. The quantitative estimate of drug-likeness (QED) is 0.483. The van der Waals surface area contributed by atoms with Crippen LogP contribution in [0.3, 0.4) is 0 Å². The number of rotatable bonds is 8. The Hall–Kier alpha value is -3.66. The smallest absolute Gasteiger partial charge is 0.220 e. The highest BCUT2D eigenvalue weighted by molar-refractivity contribution is 5.83. The van der Waals surface area contributed by atoms with E-state index in [9.17, 15) is 4.79 Å². The molecule has 0 N–H and O–H groups in total. The maximum absolute atomic E-state index is 12.2. The van der Waals surface area contributed by atoms with E-state index >= 15 is 0 Å². The van der Waals surface area contributed by atoms with Gasteiger partial charge in [0.1, 0.15) is 12.4 Å². The SMILES string of the molecule is CC(=O)N(Cc1ccccc1)Cc1cccc(COc2ccccc2C2=CCC=N2)c1. The van der Waals surface area contributed by atoms with Gasteiger partial charge in [-0.25, -0.2) is 0 Å². The molecule has 1 aliphatic heterocycles. The summed E-state index contributed by atoms with van der Waals surface area (Å²) in [5.41, 5.74) is 5.25. The summed E-state index contributed by atoms with van der Waals surface area (Å²) in [5, 5.41) is 0. The van der Waals surface area contributed by atoms with Crippen LogP contribution in [0, 0.1) is 0 Å². The van der Waals surface area contributed by atoms with Crippen molar-refractivity contribution in [3.63, 3.8) is 0 Å². The van der Waals surface area contributed by atoms with Crippen LogP contribution in [-0.2, 0) is 24.5 Å². The van der Waals surface area contributed by atoms with E-state index in [0.717, 1.165) is 40.1 Å². The number of carbonyl (C=O) groups excluding carboxylic acids is 1. The molecule has 0 unspecified atom stereocenters. The van der Waals surface area contributed by atoms with Crippen LogP contribution in [0.1, 0.15) is 35.6 Å². The molecule has 1 amide bonds.